The van der Waals surface area contributed by atoms with Gasteiger partial charge in [-0.2, -0.15) is 0 Å². The Labute approximate surface area is 71.7 Å². The van der Waals surface area contributed by atoms with Crippen molar-refractivity contribution >= 4 is 17.2 Å². The van der Waals surface area contributed by atoms with E-state index < -0.39 is 5.91 Å². The number of aromatic nitrogens is 1. The maximum absolute atomic E-state index is 10.2. The van der Waals surface area contributed by atoms with Crippen LogP contribution in [0.5, 0.6) is 0 Å². The molecule has 4 heteroatoms. The van der Waals surface area contributed by atoms with Gasteiger partial charge in [0.15, 0.2) is 5.01 Å². The molecule has 0 aliphatic rings. The lowest BCUT2D eigenvalue weighted by Crippen LogP contribution is -2.09. The van der Waals surface area contributed by atoms with Crippen LogP contribution in [0.4, 0.5) is 0 Å². The van der Waals surface area contributed by atoms with Crippen LogP contribution < -0.4 is 5.73 Å². The first-order valence-electron chi connectivity index (χ1n) is 3.41. The number of primary amides is 1. The molecule has 1 heterocycles. The summed E-state index contributed by atoms with van der Waals surface area (Å²) in [7, 11) is 0. The smallest absolute Gasteiger partial charge is 0.277 e. The molecule has 1 rings (SSSR count). The van der Waals surface area contributed by atoms with Gasteiger partial charge in [0.1, 0.15) is 0 Å². The summed E-state index contributed by atoms with van der Waals surface area (Å²) >= 11 is 1.25. The van der Waals surface area contributed by atoms with E-state index in [-0.39, 0.29) is 1.43 Å². The molecule has 0 radical (unpaired) electrons. The minimum absolute atomic E-state index is 0. The zero-order chi connectivity index (χ0) is 8.69. The number of rotatable bonds is 1. The normalized spacial score (nSPS) is 8.18. The molecule has 0 saturated carbocycles. The van der Waals surface area contributed by atoms with Gasteiger partial charge in [-0.3, -0.25) is 4.79 Å². The molecular formula is C7H14N2OS. The quantitative estimate of drug-likeness (QED) is 0.707. The minimum atomic E-state index is -0.458. The molecule has 2 N–H and O–H groups in total. The molecule has 0 bridgehead atoms. The van der Waals surface area contributed by atoms with E-state index in [1.54, 1.807) is 11.6 Å². The Morgan fingerprint density at radius 1 is 1.82 bits per heavy atom. The van der Waals surface area contributed by atoms with Crippen LogP contribution in [0.3, 0.4) is 0 Å². The molecule has 0 spiro atoms. The number of nitrogens with two attached hydrogens (primary N) is 1. The molecule has 0 saturated heterocycles. The molecule has 0 fully saturated rings. The number of amides is 1. The van der Waals surface area contributed by atoms with Crippen molar-refractivity contribution in [1.29, 1.82) is 0 Å². The highest BCUT2D eigenvalue weighted by Crippen LogP contribution is 2.00. The number of hydrogen-bond donors (Lipinski definition) is 1. The predicted octanol–water partition coefficient (Wildman–Crippen LogP) is 1.90. The van der Waals surface area contributed by atoms with Crippen LogP contribution in [-0.4, -0.2) is 10.9 Å². The highest BCUT2D eigenvalue weighted by Gasteiger charge is 1.98. The van der Waals surface area contributed by atoms with Crippen molar-refractivity contribution in [3.63, 3.8) is 0 Å². The van der Waals surface area contributed by atoms with Crippen molar-refractivity contribution in [2.24, 2.45) is 5.73 Å². The minimum Gasteiger partial charge on any atom is -0.364 e. The number of thiazole rings is 1. The van der Waals surface area contributed by atoms with Gasteiger partial charge in [-0.1, -0.05) is 20.3 Å². The number of carbonyl (C=O) groups excluding carboxylic acids is 1. The lowest BCUT2D eigenvalue weighted by molar-refractivity contribution is 0.1000. The Morgan fingerprint density at radius 3 is 2.55 bits per heavy atom. The molecule has 0 aliphatic carbocycles. The van der Waals surface area contributed by atoms with Crippen molar-refractivity contribution in [3.8, 4) is 0 Å². The van der Waals surface area contributed by atoms with E-state index in [0.29, 0.717) is 5.01 Å². The second kappa shape index (κ2) is 5.85. The van der Waals surface area contributed by atoms with Crippen molar-refractivity contribution < 1.29 is 6.22 Å². The van der Waals surface area contributed by atoms with Gasteiger partial charge >= 0.3 is 0 Å². The lowest BCUT2D eigenvalue weighted by atomic mass is 10.6. The highest BCUT2D eigenvalue weighted by atomic mass is 32.1. The topological polar surface area (TPSA) is 56.0 Å². The molecular weight excluding hydrogens is 160 g/mol. The first kappa shape index (κ1) is 10.1. The Hall–Kier alpha value is -0.900. The van der Waals surface area contributed by atoms with Gasteiger partial charge in [0.05, 0.1) is 0 Å². The van der Waals surface area contributed by atoms with Gasteiger partial charge in [0.2, 0.25) is 0 Å². The van der Waals surface area contributed by atoms with Crippen molar-refractivity contribution in [3.05, 3.63) is 16.6 Å². The van der Waals surface area contributed by atoms with Crippen LogP contribution in [0.25, 0.3) is 0 Å². The van der Waals surface area contributed by atoms with E-state index >= 15 is 0 Å². The Morgan fingerprint density at radius 2 is 2.36 bits per heavy atom. The summed E-state index contributed by atoms with van der Waals surface area (Å²) in [4.78, 5) is 13.9. The summed E-state index contributed by atoms with van der Waals surface area (Å²) < 4.78 is 0. The summed E-state index contributed by atoms with van der Waals surface area (Å²) in [6, 6.07) is 0. The number of hydrogen-bond acceptors (Lipinski definition) is 3. The van der Waals surface area contributed by atoms with Gasteiger partial charge in [0, 0.05) is 13.0 Å². The molecule has 0 atom stereocenters. The van der Waals surface area contributed by atoms with Crippen molar-refractivity contribution in [1.82, 2.24) is 4.98 Å². The Kier molecular flexibility index (Phi) is 5.37. The maximum Gasteiger partial charge on any atom is 0.277 e. The summed E-state index contributed by atoms with van der Waals surface area (Å²) in [5, 5.41) is 2.07. The largest absolute Gasteiger partial charge is 0.364 e. The molecule has 1 aromatic heterocycles. The van der Waals surface area contributed by atoms with E-state index in [4.69, 9.17) is 5.73 Å². The fourth-order valence-corrected chi connectivity index (χ4v) is 0.834. The van der Waals surface area contributed by atoms with Gasteiger partial charge < -0.3 is 5.73 Å². The highest BCUT2D eigenvalue weighted by molar-refractivity contribution is 7.11. The standard InChI is InChI=1S/C4H4N2OS.C3H8.H2/c5-3(7)4-6-1-2-8-4;1-3-2;/h1-2H,(H2,5,7);3H2,1-2H3;1H. The van der Waals surface area contributed by atoms with Crippen LogP contribution in [0, 0.1) is 0 Å². The SMILES string of the molecule is CCC.NC(=O)c1nccs1.[HH]. The van der Waals surface area contributed by atoms with E-state index in [0.717, 1.165) is 0 Å². The van der Waals surface area contributed by atoms with Crippen LogP contribution in [0.2, 0.25) is 0 Å². The average molecular weight is 174 g/mol. The molecule has 1 aromatic rings. The van der Waals surface area contributed by atoms with Crippen LogP contribution >= 0.6 is 11.3 Å². The maximum atomic E-state index is 10.2. The number of nitrogens with zero attached hydrogens (tertiary/aromatic N) is 1. The molecule has 0 aromatic carbocycles. The fourth-order valence-electron chi connectivity index (χ4n) is 0.345. The van der Waals surface area contributed by atoms with E-state index in [1.165, 1.54) is 17.8 Å². The summed E-state index contributed by atoms with van der Waals surface area (Å²) in [5.41, 5.74) is 4.87. The molecule has 3 nitrogen and oxygen atoms in total. The molecule has 64 valence electrons. The van der Waals surface area contributed by atoms with E-state index in [9.17, 15) is 4.79 Å². The third-order valence-corrected chi connectivity index (χ3v) is 1.43. The summed E-state index contributed by atoms with van der Waals surface area (Å²) in [5.74, 6) is -0.458. The van der Waals surface area contributed by atoms with Crippen molar-refractivity contribution in [2.45, 2.75) is 20.3 Å². The Bertz CT molecular complexity index is 201. The third-order valence-electron chi connectivity index (χ3n) is 0.643. The van der Waals surface area contributed by atoms with Gasteiger partial charge in [-0.05, 0) is 0 Å². The first-order chi connectivity index (χ1) is 5.22. The molecule has 1 amide bonds. The van der Waals surface area contributed by atoms with E-state index in [1.807, 2.05) is 0 Å². The first-order valence-corrected chi connectivity index (χ1v) is 4.29. The monoisotopic (exact) mass is 174 g/mol. The zero-order valence-corrected chi connectivity index (χ0v) is 7.52. The van der Waals surface area contributed by atoms with Crippen LogP contribution in [0.15, 0.2) is 11.6 Å². The van der Waals surface area contributed by atoms with Crippen molar-refractivity contribution in [2.75, 3.05) is 0 Å². The predicted molar refractivity (Wildman–Crippen MR) is 48.7 cm³/mol. The second-order valence-corrected chi connectivity index (χ2v) is 2.80. The van der Waals surface area contributed by atoms with E-state index in [2.05, 4.69) is 18.8 Å². The Balaban J connectivity index is 0. The number of carbonyl (C=O) groups is 1. The summed E-state index contributed by atoms with van der Waals surface area (Å²) in [6.45, 7) is 4.25. The zero-order valence-electron chi connectivity index (χ0n) is 6.70. The second-order valence-electron chi connectivity index (χ2n) is 1.91. The van der Waals surface area contributed by atoms with Gasteiger partial charge in [-0.25, -0.2) is 4.98 Å². The average Bonchev–Trinajstić information content (AvgIpc) is 2.38. The summed E-state index contributed by atoms with van der Waals surface area (Å²) in [6.07, 6.45) is 2.80. The molecule has 0 unspecified atom stereocenters. The lowest BCUT2D eigenvalue weighted by Gasteiger charge is -1.78. The fraction of sp³-hybridized carbons (Fsp3) is 0.429. The molecule has 0 aliphatic heterocycles. The van der Waals surface area contributed by atoms with Crippen LogP contribution in [0.1, 0.15) is 31.5 Å². The van der Waals surface area contributed by atoms with Gasteiger partial charge in [0.25, 0.3) is 5.91 Å². The third kappa shape index (κ3) is 4.50. The molecule has 11 heavy (non-hydrogen) atoms. The van der Waals surface area contributed by atoms with Gasteiger partial charge in [-0.15, -0.1) is 11.3 Å². The van der Waals surface area contributed by atoms with Crippen LogP contribution in [-0.2, 0) is 0 Å².